The van der Waals surface area contributed by atoms with E-state index < -0.39 is 0 Å². The highest BCUT2D eigenvalue weighted by atomic mass is 35.5. The summed E-state index contributed by atoms with van der Waals surface area (Å²) in [5, 5.41) is 4.57. The quantitative estimate of drug-likeness (QED) is 0.830. The lowest BCUT2D eigenvalue weighted by Gasteiger charge is -2.25. The molecule has 1 N–H and O–H groups in total. The van der Waals surface area contributed by atoms with Crippen LogP contribution in [0.3, 0.4) is 0 Å². The summed E-state index contributed by atoms with van der Waals surface area (Å²) in [7, 11) is 0. The molecular formula is C16H24ClN. The fourth-order valence-corrected chi connectivity index (χ4v) is 3.31. The zero-order valence-corrected chi connectivity index (χ0v) is 12.3. The SMILES string of the molecule is CCCNC1CCC(C)(Cc2ccccc2Cl)C1. The highest BCUT2D eigenvalue weighted by molar-refractivity contribution is 6.31. The van der Waals surface area contributed by atoms with Gasteiger partial charge < -0.3 is 5.32 Å². The van der Waals surface area contributed by atoms with Gasteiger partial charge in [-0.05, 0) is 55.7 Å². The van der Waals surface area contributed by atoms with Gasteiger partial charge >= 0.3 is 0 Å². The van der Waals surface area contributed by atoms with Crippen LogP contribution in [0.2, 0.25) is 5.02 Å². The number of hydrogen-bond donors (Lipinski definition) is 1. The van der Waals surface area contributed by atoms with Gasteiger partial charge in [0.15, 0.2) is 0 Å². The minimum absolute atomic E-state index is 0.413. The van der Waals surface area contributed by atoms with Crippen LogP contribution < -0.4 is 5.32 Å². The molecule has 0 aliphatic heterocycles. The van der Waals surface area contributed by atoms with E-state index in [1.54, 1.807) is 0 Å². The number of hydrogen-bond acceptors (Lipinski definition) is 1. The van der Waals surface area contributed by atoms with Crippen molar-refractivity contribution in [2.24, 2.45) is 5.41 Å². The molecule has 0 bridgehead atoms. The monoisotopic (exact) mass is 265 g/mol. The molecule has 2 atom stereocenters. The van der Waals surface area contributed by atoms with Crippen molar-refractivity contribution in [2.75, 3.05) is 6.54 Å². The molecule has 2 rings (SSSR count). The third-order valence-corrected chi connectivity index (χ3v) is 4.46. The van der Waals surface area contributed by atoms with Crippen molar-refractivity contribution in [3.8, 4) is 0 Å². The third-order valence-electron chi connectivity index (χ3n) is 4.09. The fraction of sp³-hybridized carbons (Fsp3) is 0.625. The third kappa shape index (κ3) is 3.49. The minimum atomic E-state index is 0.413. The number of nitrogens with one attached hydrogen (secondary N) is 1. The van der Waals surface area contributed by atoms with Gasteiger partial charge in [0.2, 0.25) is 0 Å². The molecule has 1 nitrogen and oxygen atoms in total. The van der Waals surface area contributed by atoms with Crippen molar-refractivity contribution in [3.05, 3.63) is 34.9 Å². The van der Waals surface area contributed by atoms with Crippen molar-refractivity contribution in [1.29, 1.82) is 0 Å². The van der Waals surface area contributed by atoms with Crippen LogP contribution in [0.5, 0.6) is 0 Å². The first-order valence-corrected chi connectivity index (χ1v) is 7.47. The van der Waals surface area contributed by atoms with Crippen LogP contribution in [-0.2, 0) is 6.42 Å². The summed E-state index contributed by atoms with van der Waals surface area (Å²) in [6.07, 6.45) is 6.22. The Bertz CT molecular complexity index is 390. The molecule has 0 amide bonds. The molecule has 0 saturated heterocycles. The van der Waals surface area contributed by atoms with E-state index in [1.807, 2.05) is 12.1 Å². The molecule has 18 heavy (non-hydrogen) atoms. The van der Waals surface area contributed by atoms with E-state index >= 15 is 0 Å². The average molecular weight is 266 g/mol. The molecule has 1 aromatic carbocycles. The normalized spacial score (nSPS) is 27.6. The van der Waals surface area contributed by atoms with Gasteiger partial charge in [0.1, 0.15) is 0 Å². The first kappa shape index (κ1) is 13.9. The summed E-state index contributed by atoms with van der Waals surface area (Å²) >= 11 is 6.27. The summed E-state index contributed by atoms with van der Waals surface area (Å²) < 4.78 is 0. The summed E-state index contributed by atoms with van der Waals surface area (Å²) in [6, 6.07) is 8.97. The molecule has 2 unspecified atom stereocenters. The molecular weight excluding hydrogens is 242 g/mol. The molecule has 2 heteroatoms. The zero-order valence-electron chi connectivity index (χ0n) is 11.5. The molecule has 1 aliphatic rings. The highest BCUT2D eigenvalue weighted by Crippen LogP contribution is 2.41. The molecule has 1 aromatic rings. The Morgan fingerprint density at radius 1 is 1.39 bits per heavy atom. The van der Waals surface area contributed by atoms with Gasteiger partial charge in [0.25, 0.3) is 0 Å². The topological polar surface area (TPSA) is 12.0 Å². The molecule has 100 valence electrons. The standard InChI is InChI=1S/C16H24ClN/c1-3-10-18-14-8-9-16(2,12-14)11-13-6-4-5-7-15(13)17/h4-7,14,18H,3,8-12H2,1-2H3. The van der Waals surface area contributed by atoms with Gasteiger partial charge in [0.05, 0.1) is 0 Å². The van der Waals surface area contributed by atoms with Crippen LogP contribution in [0.25, 0.3) is 0 Å². The van der Waals surface area contributed by atoms with Crippen LogP contribution in [0.1, 0.15) is 45.1 Å². The molecule has 0 spiro atoms. The van der Waals surface area contributed by atoms with E-state index in [-0.39, 0.29) is 0 Å². The molecule has 0 heterocycles. The second-order valence-corrected chi connectivity index (χ2v) is 6.38. The Balaban J connectivity index is 1.95. The van der Waals surface area contributed by atoms with Crippen molar-refractivity contribution in [1.82, 2.24) is 5.32 Å². The predicted molar refractivity (Wildman–Crippen MR) is 79.2 cm³/mol. The van der Waals surface area contributed by atoms with Crippen LogP contribution >= 0.6 is 11.6 Å². The lowest BCUT2D eigenvalue weighted by atomic mass is 9.82. The van der Waals surface area contributed by atoms with Gasteiger partial charge in [-0.15, -0.1) is 0 Å². The van der Waals surface area contributed by atoms with Gasteiger partial charge in [-0.25, -0.2) is 0 Å². The Hall–Kier alpha value is -0.530. The Labute approximate surface area is 116 Å². The minimum Gasteiger partial charge on any atom is -0.314 e. The summed E-state index contributed by atoms with van der Waals surface area (Å²) in [6.45, 7) is 5.78. The van der Waals surface area contributed by atoms with Crippen LogP contribution in [-0.4, -0.2) is 12.6 Å². The van der Waals surface area contributed by atoms with Gasteiger partial charge in [-0.2, -0.15) is 0 Å². The molecule has 0 radical (unpaired) electrons. The van der Waals surface area contributed by atoms with Crippen molar-refractivity contribution >= 4 is 11.6 Å². The summed E-state index contributed by atoms with van der Waals surface area (Å²) in [4.78, 5) is 0. The lowest BCUT2D eigenvalue weighted by molar-refractivity contribution is 0.322. The predicted octanol–water partition coefficient (Wildman–Crippen LogP) is 4.44. The fourth-order valence-electron chi connectivity index (χ4n) is 3.11. The van der Waals surface area contributed by atoms with E-state index in [0.29, 0.717) is 11.5 Å². The van der Waals surface area contributed by atoms with Crippen molar-refractivity contribution in [2.45, 2.75) is 52.0 Å². The molecule has 1 fully saturated rings. The van der Waals surface area contributed by atoms with E-state index in [1.165, 1.54) is 31.2 Å². The van der Waals surface area contributed by atoms with Crippen LogP contribution in [0.15, 0.2) is 24.3 Å². The summed E-state index contributed by atoms with van der Waals surface area (Å²) in [5.41, 5.74) is 1.72. The van der Waals surface area contributed by atoms with Crippen LogP contribution in [0, 0.1) is 5.41 Å². The number of rotatable bonds is 5. The first-order chi connectivity index (χ1) is 8.63. The first-order valence-electron chi connectivity index (χ1n) is 7.10. The van der Waals surface area contributed by atoms with E-state index in [4.69, 9.17) is 11.6 Å². The van der Waals surface area contributed by atoms with Crippen molar-refractivity contribution in [3.63, 3.8) is 0 Å². The maximum Gasteiger partial charge on any atom is 0.0438 e. The maximum absolute atomic E-state index is 6.27. The Morgan fingerprint density at radius 2 is 2.17 bits per heavy atom. The molecule has 0 aromatic heterocycles. The summed E-state index contributed by atoms with van der Waals surface area (Å²) in [5.74, 6) is 0. The van der Waals surface area contributed by atoms with E-state index in [9.17, 15) is 0 Å². The van der Waals surface area contributed by atoms with Crippen molar-refractivity contribution < 1.29 is 0 Å². The van der Waals surface area contributed by atoms with Gasteiger partial charge in [0, 0.05) is 11.1 Å². The second-order valence-electron chi connectivity index (χ2n) is 5.97. The molecule has 1 saturated carbocycles. The number of benzene rings is 1. The number of halogens is 1. The second kappa shape index (κ2) is 6.08. The Morgan fingerprint density at radius 3 is 2.89 bits per heavy atom. The molecule has 1 aliphatic carbocycles. The average Bonchev–Trinajstić information content (AvgIpc) is 2.72. The van der Waals surface area contributed by atoms with E-state index in [2.05, 4.69) is 31.3 Å². The van der Waals surface area contributed by atoms with Gasteiger partial charge in [-0.3, -0.25) is 0 Å². The zero-order chi connectivity index (χ0) is 13.0. The Kier molecular flexibility index (Phi) is 4.69. The van der Waals surface area contributed by atoms with Gasteiger partial charge in [-0.1, -0.05) is 43.6 Å². The maximum atomic E-state index is 6.27. The van der Waals surface area contributed by atoms with E-state index in [0.717, 1.165) is 18.0 Å². The lowest BCUT2D eigenvalue weighted by Crippen LogP contribution is -2.29. The largest absolute Gasteiger partial charge is 0.314 e. The smallest absolute Gasteiger partial charge is 0.0438 e. The highest BCUT2D eigenvalue weighted by Gasteiger charge is 2.35. The van der Waals surface area contributed by atoms with Crippen LogP contribution in [0.4, 0.5) is 0 Å².